The van der Waals surface area contributed by atoms with Gasteiger partial charge in [0.25, 0.3) is 0 Å². The first-order chi connectivity index (χ1) is 17.3. The predicted octanol–water partition coefficient (Wildman–Crippen LogP) is -2.48. The van der Waals surface area contributed by atoms with E-state index in [1.165, 1.54) is 24.3 Å². The summed E-state index contributed by atoms with van der Waals surface area (Å²) in [4.78, 5) is 71.1. The fraction of sp³-hybridized carbons (Fsp3) is 0.455. The van der Waals surface area contributed by atoms with Crippen LogP contribution >= 0.6 is 0 Å². The third-order valence-electron chi connectivity index (χ3n) is 5.09. The molecule has 0 fully saturated rings. The van der Waals surface area contributed by atoms with E-state index in [0.29, 0.717) is 5.56 Å². The van der Waals surface area contributed by atoms with Crippen LogP contribution in [0.25, 0.3) is 0 Å². The third kappa shape index (κ3) is 11.4. The quantitative estimate of drug-likeness (QED) is 0.108. The number of aliphatic hydroxyl groups excluding tert-OH is 1. The maximum Gasteiger partial charge on any atom is 0.328 e. The van der Waals surface area contributed by atoms with Crippen molar-refractivity contribution in [3.05, 3.63) is 29.8 Å². The van der Waals surface area contributed by atoms with E-state index in [9.17, 15) is 39.0 Å². The van der Waals surface area contributed by atoms with Gasteiger partial charge < -0.3 is 47.2 Å². The first kappa shape index (κ1) is 30.8. The van der Waals surface area contributed by atoms with Crippen molar-refractivity contribution in [2.75, 3.05) is 6.61 Å². The van der Waals surface area contributed by atoms with Gasteiger partial charge in [-0.2, -0.15) is 0 Å². The fourth-order valence-corrected chi connectivity index (χ4v) is 3.03. The van der Waals surface area contributed by atoms with Crippen LogP contribution in [0.5, 0.6) is 5.75 Å². The smallest absolute Gasteiger partial charge is 0.328 e. The highest BCUT2D eigenvalue weighted by atomic mass is 16.4. The molecule has 0 saturated carbocycles. The maximum absolute atomic E-state index is 13.0. The molecule has 0 aromatic heterocycles. The summed E-state index contributed by atoms with van der Waals surface area (Å²) in [6.45, 7) is -0.938. The van der Waals surface area contributed by atoms with Crippen LogP contribution in [0, 0.1) is 0 Å². The summed E-state index contributed by atoms with van der Waals surface area (Å²) in [5.41, 5.74) is 6.09. The molecule has 0 aliphatic heterocycles. The minimum atomic E-state index is -1.68. The number of phenols is 1. The van der Waals surface area contributed by atoms with Gasteiger partial charge in [0.2, 0.25) is 17.7 Å². The van der Waals surface area contributed by atoms with Crippen molar-refractivity contribution in [1.82, 2.24) is 16.0 Å². The molecule has 0 radical (unpaired) electrons. The lowest BCUT2D eigenvalue weighted by Gasteiger charge is -2.25. The largest absolute Gasteiger partial charge is 0.508 e. The minimum absolute atomic E-state index is 0.0734. The molecule has 204 valence electrons. The van der Waals surface area contributed by atoms with E-state index in [2.05, 4.69) is 16.0 Å². The SMILES string of the molecule is NC(CCC(=O)O)C(=O)NC(CCC(=O)O)C(=O)NC(Cc1ccc(O)cc1)C(=O)NC(CO)C(=O)O. The van der Waals surface area contributed by atoms with Crippen LogP contribution in [0.15, 0.2) is 24.3 Å². The molecule has 4 unspecified atom stereocenters. The zero-order valence-electron chi connectivity index (χ0n) is 19.6. The Labute approximate surface area is 210 Å². The molecule has 0 aliphatic carbocycles. The van der Waals surface area contributed by atoms with Gasteiger partial charge in [-0.3, -0.25) is 24.0 Å². The number of carbonyl (C=O) groups is 6. The van der Waals surface area contributed by atoms with E-state index in [4.69, 9.17) is 21.1 Å². The zero-order chi connectivity index (χ0) is 28.1. The van der Waals surface area contributed by atoms with Gasteiger partial charge >= 0.3 is 17.9 Å². The Hall–Kier alpha value is -4.24. The van der Waals surface area contributed by atoms with Gasteiger partial charge in [0.15, 0.2) is 0 Å². The van der Waals surface area contributed by atoms with Crippen molar-refractivity contribution < 1.29 is 54.3 Å². The van der Waals surface area contributed by atoms with Crippen LogP contribution in [0.4, 0.5) is 0 Å². The van der Waals surface area contributed by atoms with Crippen LogP contribution in [0.1, 0.15) is 31.2 Å². The molecule has 0 saturated heterocycles. The average molecular weight is 526 g/mol. The normalized spacial score (nSPS) is 13.9. The van der Waals surface area contributed by atoms with Crippen molar-refractivity contribution in [3.8, 4) is 5.75 Å². The Morgan fingerprint density at radius 3 is 1.73 bits per heavy atom. The molecular weight excluding hydrogens is 496 g/mol. The second-order valence-electron chi connectivity index (χ2n) is 8.05. The number of nitrogens with one attached hydrogen (secondary N) is 3. The molecule has 4 atom stereocenters. The van der Waals surface area contributed by atoms with Gasteiger partial charge in [0, 0.05) is 19.3 Å². The van der Waals surface area contributed by atoms with Gasteiger partial charge in [0.1, 0.15) is 23.9 Å². The first-order valence-corrected chi connectivity index (χ1v) is 11.1. The number of phenolic OH excluding ortho intramolecular Hbond substituents is 1. The fourth-order valence-electron chi connectivity index (χ4n) is 3.03. The van der Waals surface area contributed by atoms with Crippen molar-refractivity contribution in [2.24, 2.45) is 5.73 Å². The standard InChI is InChI=1S/C22H30N4O11/c23-13(5-7-17(29)30)19(33)24-14(6-8-18(31)32)20(34)25-15(9-11-1-3-12(28)4-2-11)21(35)26-16(10-27)22(36)37/h1-4,13-16,27-28H,5-10,23H2,(H,24,33)(H,25,34)(H,26,35)(H,29,30)(H,31,32)(H,36,37). The Balaban J connectivity index is 3.12. The highest BCUT2D eigenvalue weighted by Crippen LogP contribution is 2.12. The molecule has 0 aliphatic rings. The lowest BCUT2D eigenvalue weighted by Crippen LogP contribution is -2.58. The van der Waals surface area contributed by atoms with E-state index < -0.39 is 85.7 Å². The van der Waals surface area contributed by atoms with Crippen molar-refractivity contribution in [1.29, 1.82) is 0 Å². The Kier molecular flexibility index (Phi) is 12.5. The highest BCUT2D eigenvalue weighted by Gasteiger charge is 2.30. The topological polar surface area (TPSA) is 266 Å². The third-order valence-corrected chi connectivity index (χ3v) is 5.09. The lowest BCUT2D eigenvalue weighted by atomic mass is 10.0. The molecule has 3 amide bonds. The number of amides is 3. The molecule has 0 heterocycles. The van der Waals surface area contributed by atoms with Gasteiger partial charge in [-0.25, -0.2) is 4.79 Å². The molecule has 1 aromatic carbocycles. The summed E-state index contributed by atoms with van der Waals surface area (Å²) >= 11 is 0. The van der Waals surface area contributed by atoms with Crippen LogP contribution in [-0.2, 0) is 35.2 Å². The van der Waals surface area contributed by atoms with E-state index >= 15 is 0 Å². The summed E-state index contributed by atoms with van der Waals surface area (Å²) in [5.74, 6) is -7.00. The van der Waals surface area contributed by atoms with Gasteiger partial charge in [-0.1, -0.05) is 12.1 Å². The first-order valence-electron chi connectivity index (χ1n) is 11.1. The molecule has 1 aromatic rings. The van der Waals surface area contributed by atoms with Crippen LogP contribution in [-0.4, -0.2) is 91.9 Å². The number of aromatic hydroxyl groups is 1. The van der Waals surface area contributed by atoms with E-state index in [1.54, 1.807) is 0 Å². The number of hydrogen-bond acceptors (Lipinski definition) is 9. The van der Waals surface area contributed by atoms with E-state index in [-0.39, 0.29) is 18.6 Å². The number of aliphatic hydroxyl groups is 1. The van der Waals surface area contributed by atoms with Gasteiger partial charge in [0.05, 0.1) is 12.6 Å². The second kappa shape index (κ2) is 15.0. The number of hydrogen-bond donors (Lipinski definition) is 9. The van der Waals surface area contributed by atoms with E-state index in [1.807, 2.05) is 0 Å². The molecular formula is C22H30N4O11. The number of carbonyl (C=O) groups excluding carboxylic acids is 3. The number of benzene rings is 1. The van der Waals surface area contributed by atoms with Crippen molar-refractivity contribution >= 4 is 35.6 Å². The number of carboxylic acid groups (broad SMARTS) is 3. The number of nitrogens with two attached hydrogens (primary N) is 1. The van der Waals surface area contributed by atoms with Gasteiger partial charge in [-0.05, 0) is 30.5 Å². The van der Waals surface area contributed by atoms with Gasteiger partial charge in [-0.15, -0.1) is 0 Å². The Bertz CT molecular complexity index is 983. The summed E-state index contributed by atoms with van der Waals surface area (Å²) in [5, 5.41) is 52.2. The molecule has 15 heteroatoms. The zero-order valence-corrected chi connectivity index (χ0v) is 19.6. The lowest BCUT2D eigenvalue weighted by molar-refractivity contribution is -0.143. The Morgan fingerprint density at radius 1 is 0.730 bits per heavy atom. The molecule has 0 bridgehead atoms. The Morgan fingerprint density at radius 2 is 1.22 bits per heavy atom. The summed E-state index contributed by atoms with van der Waals surface area (Å²) < 4.78 is 0. The average Bonchev–Trinajstić information content (AvgIpc) is 2.83. The monoisotopic (exact) mass is 526 g/mol. The molecule has 10 N–H and O–H groups in total. The molecule has 37 heavy (non-hydrogen) atoms. The predicted molar refractivity (Wildman–Crippen MR) is 124 cm³/mol. The number of aliphatic carboxylic acids is 3. The van der Waals surface area contributed by atoms with Crippen LogP contribution < -0.4 is 21.7 Å². The van der Waals surface area contributed by atoms with Crippen molar-refractivity contribution in [3.63, 3.8) is 0 Å². The second-order valence-corrected chi connectivity index (χ2v) is 8.05. The summed E-state index contributed by atoms with van der Waals surface area (Å²) in [7, 11) is 0. The van der Waals surface area contributed by atoms with Crippen LogP contribution in [0.2, 0.25) is 0 Å². The minimum Gasteiger partial charge on any atom is -0.508 e. The summed E-state index contributed by atoms with van der Waals surface area (Å²) in [6, 6.07) is -0.406. The highest BCUT2D eigenvalue weighted by molar-refractivity contribution is 5.94. The maximum atomic E-state index is 13.0. The number of carboxylic acids is 3. The van der Waals surface area contributed by atoms with Crippen LogP contribution in [0.3, 0.4) is 0 Å². The molecule has 0 spiro atoms. The van der Waals surface area contributed by atoms with E-state index in [0.717, 1.165) is 0 Å². The molecule has 1 rings (SSSR count). The van der Waals surface area contributed by atoms with Crippen molar-refractivity contribution in [2.45, 2.75) is 56.3 Å². The molecule has 15 nitrogen and oxygen atoms in total. The summed E-state index contributed by atoms with van der Waals surface area (Å²) in [6.07, 6.45) is -1.83. The number of rotatable bonds is 16.